The van der Waals surface area contributed by atoms with Crippen LogP contribution in [-0.2, 0) is 19.5 Å². The van der Waals surface area contributed by atoms with Gasteiger partial charge >= 0.3 is 6.03 Å². The van der Waals surface area contributed by atoms with Crippen LogP contribution in [0, 0.1) is 10.1 Å². The number of fused-ring (bicyclic) bond motifs is 1. The number of nitro benzene ring substituents is 1. The van der Waals surface area contributed by atoms with Gasteiger partial charge in [0.2, 0.25) is 0 Å². The van der Waals surface area contributed by atoms with Gasteiger partial charge in [-0.2, -0.15) is 0 Å². The number of rotatable bonds is 4. The number of nitrogens with zero attached hydrogens (tertiary/aromatic N) is 3. The summed E-state index contributed by atoms with van der Waals surface area (Å²) in [5, 5.41) is 17.7. The summed E-state index contributed by atoms with van der Waals surface area (Å²) in [7, 11) is 0. The number of nitrogens with one attached hydrogen (secondary N) is 1. The van der Waals surface area contributed by atoms with Gasteiger partial charge in [-0.05, 0) is 23.5 Å². The fourth-order valence-electron chi connectivity index (χ4n) is 2.79. The number of benzene rings is 1. The molecule has 2 amide bonds. The van der Waals surface area contributed by atoms with Crippen molar-refractivity contribution in [3.63, 3.8) is 0 Å². The molecule has 8 heteroatoms. The van der Waals surface area contributed by atoms with Crippen LogP contribution in [0.4, 0.5) is 10.5 Å². The van der Waals surface area contributed by atoms with E-state index < -0.39 is 4.92 Å². The Labute approximate surface area is 144 Å². The predicted molar refractivity (Wildman–Crippen MR) is 90.0 cm³/mol. The first kappa shape index (κ1) is 16.9. The third-order valence-electron chi connectivity index (χ3n) is 4.28. The van der Waals surface area contributed by atoms with Crippen molar-refractivity contribution in [2.24, 2.45) is 0 Å². The Morgan fingerprint density at radius 2 is 2.20 bits per heavy atom. The average Bonchev–Trinajstić information content (AvgIpc) is 3.08. The largest absolute Gasteiger partial charge is 0.359 e. The molecule has 2 aromatic rings. The quantitative estimate of drug-likeness (QED) is 0.678. The molecule has 8 nitrogen and oxygen atoms in total. The average molecular weight is 344 g/mol. The molecule has 0 saturated heterocycles. The van der Waals surface area contributed by atoms with Crippen molar-refractivity contribution in [1.82, 2.24) is 15.4 Å². The molecule has 0 fully saturated rings. The minimum Gasteiger partial charge on any atom is -0.359 e. The Morgan fingerprint density at radius 1 is 1.40 bits per heavy atom. The number of non-ortho nitro benzene ring substituents is 1. The molecule has 1 N–H and O–H groups in total. The molecule has 0 bridgehead atoms. The Balaban J connectivity index is 1.61. The zero-order chi connectivity index (χ0) is 18.0. The van der Waals surface area contributed by atoms with Crippen LogP contribution in [0.25, 0.3) is 0 Å². The van der Waals surface area contributed by atoms with Crippen LogP contribution in [0.3, 0.4) is 0 Å². The molecule has 0 unspecified atom stereocenters. The number of urea groups is 1. The summed E-state index contributed by atoms with van der Waals surface area (Å²) in [5.41, 5.74) is 2.76. The van der Waals surface area contributed by atoms with Crippen LogP contribution in [-0.4, -0.2) is 27.6 Å². The molecule has 1 aromatic heterocycles. The minimum atomic E-state index is -0.421. The number of amides is 2. The topological polar surface area (TPSA) is 102 Å². The lowest BCUT2D eigenvalue weighted by Crippen LogP contribution is -2.42. The van der Waals surface area contributed by atoms with Gasteiger partial charge in [-0.1, -0.05) is 25.1 Å². The van der Waals surface area contributed by atoms with Gasteiger partial charge in [-0.25, -0.2) is 4.79 Å². The van der Waals surface area contributed by atoms with Crippen molar-refractivity contribution in [2.45, 2.75) is 39.3 Å². The van der Waals surface area contributed by atoms with Crippen molar-refractivity contribution < 1.29 is 14.2 Å². The lowest BCUT2D eigenvalue weighted by molar-refractivity contribution is -0.385. The molecule has 1 aliphatic heterocycles. The number of nitro groups is 1. The van der Waals surface area contributed by atoms with Crippen molar-refractivity contribution >= 4 is 11.7 Å². The summed E-state index contributed by atoms with van der Waals surface area (Å²) in [6, 6.07) is 6.43. The Bertz CT molecular complexity index is 800. The molecular formula is C17H20N4O4. The molecule has 0 atom stereocenters. The van der Waals surface area contributed by atoms with Gasteiger partial charge in [0, 0.05) is 31.3 Å². The lowest BCUT2D eigenvalue weighted by atomic mass is 9.99. The van der Waals surface area contributed by atoms with E-state index in [1.165, 1.54) is 6.07 Å². The van der Waals surface area contributed by atoms with Gasteiger partial charge in [0.05, 0.1) is 17.2 Å². The van der Waals surface area contributed by atoms with Gasteiger partial charge in [-0.15, -0.1) is 0 Å². The van der Waals surface area contributed by atoms with Crippen LogP contribution in [0.5, 0.6) is 0 Å². The predicted octanol–water partition coefficient (Wildman–Crippen LogP) is 2.97. The maximum absolute atomic E-state index is 12.4. The van der Waals surface area contributed by atoms with Gasteiger partial charge in [-0.3, -0.25) is 10.1 Å². The Kier molecular flexibility index (Phi) is 4.69. The first-order chi connectivity index (χ1) is 11.9. The molecule has 25 heavy (non-hydrogen) atoms. The number of aromatic nitrogens is 1. The van der Waals surface area contributed by atoms with Crippen LogP contribution >= 0.6 is 0 Å². The van der Waals surface area contributed by atoms with Crippen LogP contribution in [0.2, 0.25) is 0 Å². The van der Waals surface area contributed by atoms with E-state index in [1.807, 2.05) is 19.9 Å². The molecule has 0 saturated carbocycles. The van der Waals surface area contributed by atoms with E-state index in [1.54, 1.807) is 17.0 Å². The smallest absolute Gasteiger partial charge is 0.318 e. The second-order valence-corrected chi connectivity index (χ2v) is 6.41. The van der Waals surface area contributed by atoms with E-state index in [4.69, 9.17) is 4.52 Å². The van der Waals surface area contributed by atoms with E-state index >= 15 is 0 Å². The molecule has 1 aliphatic rings. The zero-order valence-electron chi connectivity index (χ0n) is 14.2. The summed E-state index contributed by atoms with van der Waals surface area (Å²) >= 11 is 0. The van der Waals surface area contributed by atoms with Crippen molar-refractivity contribution in [1.29, 1.82) is 0 Å². The van der Waals surface area contributed by atoms with Crippen LogP contribution in [0.15, 0.2) is 28.8 Å². The second-order valence-electron chi connectivity index (χ2n) is 6.41. The van der Waals surface area contributed by atoms with Crippen molar-refractivity contribution in [3.05, 3.63) is 57.0 Å². The molecule has 1 aromatic carbocycles. The highest BCUT2D eigenvalue weighted by atomic mass is 16.6. The summed E-state index contributed by atoms with van der Waals surface area (Å²) < 4.78 is 5.20. The molecule has 132 valence electrons. The standard InChI is InChI=1S/C17H20N4O4/c1-11(2)16-8-15(25-19-16)9-18-17(22)20-6-5-12-3-4-14(21(23)24)7-13(12)10-20/h3-4,7-8,11H,5-6,9-10H2,1-2H3,(H,18,22). The summed E-state index contributed by atoms with van der Waals surface area (Å²) in [6.45, 7) is 5.23. The van der Waals surface area contributed by atoms with E-state index in [0.29, 0.717) is 25.3 Å². The molecule has 0 aliphatic carbocycles. The molecule has 0 spiro atoms. The molecule has 0 radical (unpaired) electrons. The SMILES string of the molecule is CC(C)c1cc(CNC(=O)N2CCc3ccc([N+](=O)[O-])cc3C2)on1. The maximum Gasteiger partial charge on any atom is 0.318 e. The van der Waals surface area contributed by atoms with Crippen molar-refractivity contribution in [2.75, 3.05) is 6.54 Å². The highest BCUT2D eigenvalue weighted by Gasteiger charge is 2.22. The number of carbonyl (C=O) groups is 1. The monoisotopic (exact) mass is 344 g/mol. The third kappa shape index (κ3) is 3.78. The fourth-order valence-corrected chi connectivity index (χ4v) is 2.79. The van der Waals surface area contributed by atoms with Gasteiger partial charge in [0.1, 0.15) is 0 Å². The van der Waals surface area contributed by atoms with Crippen molar-refractivity contribution in [3.8, 4) is 0 Å². The number of hydrogen-bond donors (Lipinski definition) is 1. The molecular weight excluding hydrogens is 324 g/mol. The first-order valence-electron chi connectivity index (χ1n) is 8.18. The number of carbonyl (C=O) groups excluding carboxylic acids is 1. The summed E-state index contributed by atoms with van der Waals surface area (Å²) in [5.74, 6) is 0.868. The number of hydrogen-bond acceptors (Lipinski definition) is 5. The summed E-state index contributed by atoms with van der Waals surface area (Å²) in [4.78, 5) is 24.5. The second kappa shape index (κ2) is 6.92. The Morgan fingerprint density at radius 3 is 2.88 bits per heavy atom. The van der Waals surface area contributed by atoms with Gasteiger partial charge in [0.25, 0.3) is 5.69 Å². The van der Waals surface area contributed by atoms with E-state index in [2.05, 4.69) is 10.5 Å². The van der Waals surface area contributed by atoms with Gasteiger partial charge in [0.15, 0.2) is 5.76 Å². The lowest BCUT2D eigenvalue weighted by Gasteiger charge is -2.28. The van der Waals surface area contributed by atoms with Crippen LogP contribution < -0.4 is 5.32 Å². The first-order valence-corrected chi connectivity index (χ1v) is 8.18. The van der Waals surface area contributed by atoms with E-state index in [0.717, 1.165) is 16.8 Å². The normalized spacial score (nSPS) is 13.6. The Hall–Kier alpha value is -2.90. The fraction of sp³-hybridized carbons (Fsp3) is 0.412. The summed E-state index contributed by atoms with van der Waals surface area (Å²) in [6.07, 6.45) is 0.681. The minimum absolute atomic E-state index is 0.0453. The zero-order valence-corrected chi connectivity index (χ0v) is 14.2. The maximum atomic E-state index is 12.4. The molecule has 3 rings (SSSR count). The molecule has 2 heterocycles. The van der Waals surface area contributed by atoms with E-state index in [9.17, 15) is 14.9 Å². The highest BCUT2D eigenvalue weighted by Crippen LogP contribution is 2.24. The van der Waals surface area contributed by atoms with Gasteiger partial charge < -0.3 is 14.7 Å². The van der Waals surface area contributed by atoms with E-state index in [-0.39, 0.29) is 24.2 Å². The highest BCUT2D eigenvalue weighted by molar-refractivity contribution is 5.74. The van der Waals surface area contributed by atoms with Crippen LogP contribution in [0.1, 0.15) is 42.3 Å². The third-order valence-corrected chi connectivity index (χ3v) is 4.28.